The van der Waals surface area contributed by atoms with Crippen LogP contribution in [0.4, 0.5) is 11.4 Å². The maximum atomic E-state index is 12.1. The van der Waals surface area contributed by atoms with Gasteiger partial charge >= 0.3 is 5.69 Å². The lowest BCUT2D eigenvalue weighted by molar-refractivity contribution is -0.385. The van der Waals surface area contributed by atoms with Crippen molar-refractivity contribution < 1.29 is 14.5 Å². The zero-order valence-electron chi connectivity index (χ0n) is 11.0. The molecule has 0 saturated carbocycles. The Morgan fingerprint density at radius 2 is 2.05 bits per heavy atom. The number of rotatable bonds is 4. The highest BCUT2D eigenvalue weighted by Crippen LogP contribution is 2.27. The molecule has 0 saturated heterocycles. The zero-order chi connectivity index (χ0) is 15.4. The molecule has 0 aliphatic carbocycles. The van der Waals surface area contributed by atoms with Crippen molar-refractivity contribution in [3.8, 4) is 5.75 Å². The molecule has 0 fully saturated rings. The lowest BCUT2D eigenvalue weighted by Gasteiger charge is -2.07. The van der Waals surface area contributed by atoms with Crippen molar-refractivity contribution in [1.82, 2.24) is 0 Å². The average Bonchev–Trinajstić information content (AvgIpc) is 2.46. The third kappa shape index (κ3) is 3.69. The number of carbonyl (C=O) groups is 1. The van der Waals surface area contributed by atoms with Gasteiger partial charge in [-0.15, -0.1) is 0 Å². The number of hydrogen-bond acceptors (Lipinski definition) is 4. The Bertz CT molecular complexity index is 703. The van der Waals surface area contributed by atoms with Gasteiger partial charge in [0.05, 0.1) is 12.0 Å². The number of nitro benzene ring substituents is 1. The van der Waals surface area contributed by atoms with Crippen molar-refractivity contribution in [3.63, 3.8) is 0 Å². The summed E-state index contributed by atoms with van der Waals surface area (Å²) in [5.41, 5.74) is 0.767. The molecule has 2 aromatic rings. The van der Waals surface area contributed by atoms with Crippen LogP contribution in [0.15, 0.2) is 42.5 Å². The number of anilines is 1. The molecule has 1 N–H and O–H groups in total. The first-order valence-electron chi connectivity index (χ1n) is 5.90. The fourth-order valence-corrected chi connectivity index (χ4v) is 2.28. The van der Waals surface area contributed by atoms with Gasteiger partial charge in [-0.3, -0.25) is 14.9 Å². The van der Waals surface area contributed by atoms with Crippen molar-refractivity contribution >= 4 is 39.9 Å². The molecule has 7 heteroatoms. The van der Waals surface area contributed by atoms with Crippen molar-refractivity contribution in [2.45, 2.75) is 0 Å². The van der Waals surface area contributed by atoms with Crippen LogP contribution in [0.1, 0.15) is 10.4 Å². The second-order valence-electron chi connectivity index (χ2n) is 4.11. The minimum absolute atomic E-state index is 0.0512. The van der Waals surface area contributed by atoms with E-state index in [2.05, 4.69) is 27.9 Å². The molecule has 0 aromatic heterocycles. The third-order valence-electron chi connectivity index (χ3n) is 2.72. The predicted octanol–water partition coefficient (Wildman–Crippen LogP) is 3.46. The molecule has 0 atom stereocenters. The Hall–Kier alpha value is -2.16. The topological polar surface area (TPSA) is 81.5 Å². The van der Waals surface area contributed by atoms with Crippen LogP contribution in [0.3, 0.4) is 0 Å². The van der Waals surface area contributed by atoms with Gasteiger partial charge in [0.25, 0.3) is 5.91 Å². The van der Waals surface area contributed by atoms with E-state index in [0.717, 1.165) is 3.57 Å². The van der Waals surface area contributed by atoms with Crippen LogP contribution >= 0.6 is 22.6 Å². The van der Waals surface area contributed by atoms with E-state index in [9.17, 15) is 14.9 Å². The van der Waals surface area contributed by atoms with E-state index in [4.69, 9.17) is 4.74 Å². The van der Waals surface area contributed by atoms with Gasteiger partial charge in [0.1, 0.15) is 0 Å². The molecule has 1 amide bonds. The molecule has 0 radical (unpaired) electrons. The molecule has 21 heavy (non-hydrogen) atoms. The first-order chi connectivity index (χ1) is 10.0. The van der Waals surface area contributed by atoms with Gasteiger partial charge in [-0.1, -0.05) is 6.07 Å². The first-order valence-corrected chi connectivity index (χ1v) is 6.98. The summed E-state index contributed by atoms with van der Waals surface area (Å²) >= 11 is 2.14. The summed E-state index contributed by atoms with van der Waals surface area (Å²) < 4.78 is 5.94. The molecule has 6 nitrogen and oxygen atoms in total. The minimum Gasteiger partial charge on any atom is -0.490 e. The van der Waals surface area contributed by atoms with E-state index in [-0.39, 0.29) is 22.9 Å². The number of benzene rings is 2. The largest absolute Gasteiger partial charge is 0.490 e. The summed E-state index contributed by atoms with van der Waals surface area (Å²) in [6.45, 7) is 0. The van der Waals surface area contributed by atoms with Gasteiger partial charge in [-0.2, -0.15) is 0 Å². The monoisotopic (exact) mass is 398 g/mol. The summed E-state index contributed by atoms with van der Waals surface area (Å²) in [6.07, 6.45) is 0. The Labute approximate surface area is 134 Å². The van der Waals surface area contributed by atoms with E-state index in [1.165, 1.54) is 25.3 Å². The third-order valence-corrected chi connectivity index (χ3v) is 3.39. The molecule has 0 bridgehead atoms. The Balaban J connectivity index is 2.25. The molecule has 0 aliphatic heterocycles. The highest BCUT2D eigenvalue weighted by atomic mass is 127. The number of nitrogens with one attached hydrogen (secondary N) is 1. The molecule has 0 unspecified atom stereocenters. The number of methoxy groups -OCH3 is 1. The number of ether oxygens (including phenoxy) is 1. The molecule has 2 aromatic carbocycles. The molecular weight excluding hydrogens is 387 g/mol. The zero-order valence-corrected chi connectivity index (χ0v) is 13.2. The first kappa shape index (κ1) is 15.2. The fraction of sp³-hybridized carbons (Fsp3) is 0.0714. The van der Waals surface area contributed by atoms with Crippen molar-refractivity contribution in [2.24, 2.45) is 0 Å². The van der Waals surface area contributed by atoms with Gasteiger partial charge < -0.3 is 10.1 Å². The van der Waals surface area contributed by atoms with Gasteiger partial charge in [0.2, 0.25) is 0 Å². The van der Waals surface area contributed by atoms with Crippen molar-refractivity contribution in [1.29, 1.82) is 0 Å². The smallest absolute Gasteiger partial charge is 0.310 e. The lowest BCUT2D eigenvalue weighted by atomic mass is 10.1. The summed E-state index contributed by atoms with van der Waals surface area (Å²) in [4.78, 5) is 22.4. The molecule has 0 aliphatic rings. The number of carbonyl (C=O) groups excluding carboxylic acids is 1. The van der Waals surface area contributed by atoms with Crippen LogP contribution in [0, 0.1) is 13.7 Å². The van der Waals surface area contributed by atoms with Crippen molar-refractivity contribution in [3.05, 3.63) is 61.7 Å². The summed E-state index contributed by atoms with van der Waals surface area (Å²) in [7, 11) is 1.32. The van der Waals surface area contributed by atoms with E-state index in [1.54, 1.807) is 6.07 Å². The normalized spacial score (nSPS) is 10.0. The van der Waals surface area contributed by atoms with Crippen LogP contribution in [-0.2, 0) is 0 Å². The highest BCUT2D eigenvalue weighted by Gasteiger charge is 2.17. The summed E-state index contributed by atoms with van der Waals surface area (Å²) in [6, 6.07) is 11.3. The van der Waals surface area contributed by atoms with Crippen LogP contribution < -0.4 is 10.1 Å². The number of amides is 1. The maximum Gasteiger partial charge on any atom is 0.310 e. The average molecular weight is 398 g/mol. The molecule has 2 rings (SSSR count). The second-order valence-corrected chi connectivity index (χ2v) is 5.35. The van der Waals surface area contributed by atoms with Crippen LogP contribution in [-0.4, -0.2) is 17.9 Å². The number of hydrogen-bond donors (Lipinski definition) is 1. The van der Waals surface area contributed by atoms with Gasteiger partial charge in [0.15, 0.2) is 5.75 Å². The minimum atomic E-state index is -0.555. The quantitative estimate of drug-likeness (QED) is 0.486. The van der Waals surface area contributed by atoms with Crippen molar-refractivity contribution in [2.75, 3.05) is 12.4 Å². The molecule has 0 spiro atoms. The maximum absolute atomic E-state index is 12.1. The predicted molar refractivity (Wildman–Crippen MR) is 86.8 cm³/mol. The van der Waals surface area contributed by atoms with Crippen LogP contribution in [0.2, 0.25) is 0 Å². The Morgan fingerprint density at radius 3 is 2.67 bits per heavy atom. The second kappa shape index (κ2) is 6.53. The van der Waals surface area contributed by atoms with Crippen LogP contribution in [0.25, 0.3) is 0 Å². The molecular formula is C14H11IN2O4. The van der Waals surface area contributed by atoms with Gasteiger partial charge in [-0.25, -0.2) is 0 Å². The molecule has 0 heterocycles. The standard InChI is InChI=1S/C14H11IN2O4/c1-21-13-7-9(5-6-12(13)17(19)20)14(18)16-11-4-2-3-10(15)8-11/h2-8H,1H3,(H,16,18). The summed E-state index contributed by atoms with van der Waals surface area (Å²) in [5, 5.41) is 13.5. The SMILES string of the molecule is COc1cc(C(=O)Nc2cccc(I)c2)ccc1[N+](=O)[O-]. The molecule has 108 valence electrons. The van der Waals surface area contributed by atoms with Gasteiger partial charge in [0, 0.05) is 27.0 Å². The number of nitrogens with zero attached hydrogens (tertiary/aromatic N) is 1. The van der Waals surface area contributed by atoms with E-state index >= 15 is 0 Å². The van der Waals surface area contributed by atoms with Gasteiger partial charge in [-0.05, 0) is 46.9 Å². The van der Waals surface area contributed by atoms with E-state index in [0.29, 0.717) is 5.69 Å². The van der Waals surface area contributed by atoms with Crippen LogP contribution in [0.5, 0.6) is 5.75 Å². The highest BCUT2D eigenvalue weighted by molar-refractivity contribution is 14.1. The van der Waals surface area contributed by atoms with E-state index < -0.39 is 4.92 Å². The van der Waals surface area contributed by atoms with E-state index in [1.807, 2.05) is 18.2 Å². The Kier molecular flexibility index (Phi) is 4.73. The number of nitro groups is 1. The fourth-order valence-electron chi connectivity index (χ4n) is 1.74. The summed E-state index contributed by atoms with van der Waals surface area (Å²) in [5.74, 6) is -0.305. The lowest BCUT2D eigenvalue weighted by Crippen LogP contribution is -2.12. The Morgan fingerprint density at radius 1 is 1.29 bits per heavy atom. The number of halogens is 1.